The number of nitrogens with two attached hydrogens (primary N) is 1. The predicted octanol–water partition coefficient (Wildman–Crippen LogP) is 0.974. The number of carbonyl (C=O) groups is 1. The maximum atomic E-state index is 11.2. The summed E-state index contributed by atoms with van der Waals surface area (Å²) >= 11 is 0. The molecular weight excluding hydrogens is 218 g/mol. The Morgan fingerprint density at radius 1 is 1.53 bits per heavy atom. The molecule has 0 atom stereocenters. The molecular formula is C11H19N5O. The van der Waals surface area contributed by atoms with Crippen LogP contribution in [0.2, 0.25) is 0 Å². The topological polar surface area (TPSA) is 92.9 Å². The van der Waals surface area contributed by atoms with Crippen LogP contribution in [0, 0.1) is 0 Å². The average molecular weight is 237 g/mol. The minimum Gasteiger partial charge on any atom is -0.368 e. The number of carbonyl (C=O) groups excluding carboxylic acids is 1. The zero-order valence-corrected chi connectivity index (χ0v) is 10.4. The fraction of sp³-hybridized carbons (Fsp3) is 0.545. The summed E-state index contributed by atoms with van der Waals surface area (Å²) in [6.07, 6.45) is 2.62. The van der Waals surface area contributed by atoms with Crippen molar-refractivity contribution in [3.8, 4) is 0 Å². The lowest BCUT2D eigenvalue weighted by Crippen LogP contribution is -2.45. The Kier molecular flexibility index (Phi) is 4.25. The summed E-state index contributed by atoms with van der Waals surface area (Å²) in [5.41, 5.74) is 4.44. The molecule has 6 nitrogen and oxygen atoms in total. The Labute approximate surface area is 101 Å². The number of hydrogen-bond acceptors (Lipinski definition) is 5. The van der Waals surface area contributed by atoms with Gasteiger partial charge < -0.3 is 16.4 Å². The quantitative estimate of drug-likeness (QED) is 0.685. The second kappa shape index (κ2) is 5.47. The molecule has 4 N–H and O–H groups in total. The summed E-state index contributed by atoms with van der Waals surface area (Å²) in [6, 6.07) is 1.70. The van der Waals surface area contributed by atoms with Gasteiger partial charge in [0.2, 0.25) is 11.9 Å². The second-order valence-electron chi connectivity index (χ2n) is 4.31. The number of nitrogens with zero attached hydrogens (tertiary/aromatic N) is 2. The zero-order valence-electron chi connectivity index (χ0n) is 10.4. The van der Waals surface area contributed by atoms with E-state index in [1.807, 2.05) is 0 Å². The summed E-state index contributed by atoms with van der Waals surface area (Å²) in [6.45, 7) is 6.28. The molecule has 17 heavy (non-hydrogen) atoms. The maximum Gasteiger partial charge on any atom is 0.242 e. The summed E-state index contributed by atoms with van der Waals surface area (Å²) in [7, 11) is 0. The number of anilines is 2. The van der Waals surface area contributed by atoms with Crippen LogP contribution in [0.25, 0.3) is 0 Å². The van der Waals surface area contributed by atoms with E-state index in [0.29, 0.717) is 11.8 Å². The molecule has 0 spiro atoms. The van der Waals surface area contributed by atoms with Gasteiger partial charge in [-0.05, 0) is 26.3 Å². The van der Waals surface area contributed by atoms with E-state index < -0.39 is 11.4 Å². The maximum absolute atomic E-state index is 11.2. The number of rotatable bonds is 6. The molecule has 0 aliphatic carbocycles. The highest BCUT2D eigenvalue weighted by molar-refractivity contribution is 5.86. The smallest absolute Gasteiger partial charge is 0.242 e. The van der Waals surface area contributed by atoms with Crippen molar-refractivity contribution < 1.29 is 4.79 Å². The normalized spacial score (nSPS) is 11.0. The van der Waals surface area contributed by atoms with Crippen molar-refractivity contribution in [3.63, 3.8) is 0 Å². The van der Waals surface area contributed by atoms with Gasteiger partial charge in [-0.25, -0.2) is 4.98 Å². The van der Waals surface area contributed by atoms with Crippen LogP contribution in [0.3, 0.4) is 0 Å². The van der Waals surface area contributed by atoms with Crippen molar-refractivity contribution in [2.24, 2.45) is 5.73 Å². The standard InChI is InChI=1S/C11H19N5O/c1-4-6-13-10-14-7-5-8(15-10)16-11(2,3)9(12)17/h5,7H,4,6H2,1-3H3,(H2,12,17)(H2,13,14,15,16). The Balaban J connectivity index is 2.75. The fourth-order valence-corrected chi connectivity index (χ4v) is 1.13. The van der Waals surface area contributed by atoms with Crippen LogP contribution in [0.1, 0.15) is 27.2 Å². The minimum atomic E-state index is -0.837. The Hall–Kier alpha value is -1.85. The van der Waals surface area contributed by atoms with Crippen LogP contribution in [0.5, 0.6) is 0 Å². The lowest BCUT2D eigenvalue weighted by Gasteiger charge is -2.22. The number of hydrogen-bond donors (Lipinski definition) is 3. The molecule has 94 valence electrons. The number of amides is 1. The Morgan fingerprint density at radius 2 is 2.24 bits per heavy atom. The number of aromatic nitrogens is 2. The van der Waals surface area contributed by atoms with Gasteiger partial charge in [-0.3, -0.25) is 4.79 Å². The highest BCUT2D eigenvalue weighted by atomic mass is 16.1. The molecule has 0 unspecified atom stereocenters. The third-order valence-electron chi connectivity index (χ3n) is 2.25. The van der Waals surface area contributed by atoms with Crippen LogP contribution >= 0.6 is 0 Å². The summed E-state index contributed by atoms with van der Waals surface area (Å²) < 4.78 is 0. The van der Waals surface area contributed by atoms with Gasteiger partial charge in [-0.2, -0.15) is 4.98 Å². The van der Waals surface area contributed by atoms with Crippen molar-refractivity contribution >= 4 is 17.7 Å². The highest BCUT2D eigenvalue weighted by Crippen LogP contribution is 2.13. The van der Waals surface area contributed by atoms with Crippen molar-refractivity contribution in [1.29, 1.82) is 0 Å². The molecule has 0 fully saturated rings. The molecule has 0 aromatic carbocycles. The minimum absolute atomic E-state index is 0.431. The molecule has 0 aliphatic heterocycles. The van der Waals surface area contributed by atoms with Crippen LogP contribution < -0.4 is 16.4 Å². The molecule has 1 aromatic rings. The summed E-state index contributed by atoms with van der Waals surface area (Å²) in [5.74, 6) is 0.679. The average Bonchev–Trinajstić information content (AvgIpc) is 2.26. The summed E-state index contributed by atoms with van der Waals surface area (Å²) in [4.78, 5) is 19.5. The van der Waals surface area contributed by atoms with Gasteiger partial charge in [0.05, 0.1) is 0 Å². The largest absolute Gasteiger partial charge is 0.368 e. The van der Waals surface area contributed by atoms with Crippen molar-refractivity contribution in [2.45, 2.75) is 32.7 Å². The van der Waals surface area contributed by atoms with E-state index in [2.05, 4.69) is 27.5 Å². The first kappa shape index (κ1) is 13.2. The van der Waals surface area contributed by atoms with E-state index in [9.17, 15) is 4.79 Å². The van der Waals surface area contributed by atoms with Crippen LogP contribution in [-0.2, 0) is 4.79 Å². The SMILES string of the molecule is CCCNc1nccc(NC(C)(C)C(N)=O)n1. The fourth-order valence-electron chi connectivity index (χ4n) is 1.13. The van der Waals surface area contributed by atoms with E-state index in [-0.39, 0.29) is 0 Å². The molecule has 0 bridgehead atoms. The first-order valence-electron chi connectivity index (χ1n) is 5.60. The van der Waals surface area contributed by atoms with Crippen molar-refractivity contribution in [2.75, 3.05) is 17.2 Å². The molecule has 0 aliphatic rings. The molecule has 1 amide bonds. The van der Waals surface area contributed by atoms with Gasteiger partial charge in [0.25, 0.3) is 0 Å². The Bertz CT molecular complexity index is 391. The molecule has 0 saturated heterocycles. The van der Waals surface area contributed by atoms with E-state index >= 15 is 0 Å². The highest BCUT2D eigenvalue weighted by Gasteiger charge is 2.24. The lowest BCUT2D eigenvalue weighted by atomic mass is 10.1. The number of nitrogens with one attached hydrogen (secondary N) is 2. The third kappa shape index (κ3) is 3.90. The van der Waals surface area contributed by atoms with Gasteiger partial charge in [0, 0.05) is 12.7 Å². The van der Waals surface area contributed by atoms with Crippen molar-refractivity contribution in [1.82, 2.24) is 9.97 Å². The van der Waals surface area contributed by atoms with E-state index in [4.69, 9.17) is 5.73 Å². The van der Waals surface area contributed by atoms with Gasteiger partial charge in [-0.1, -0.05) is 6.92 Å². The van der Waals surface area contributed by atoms with E-state index in [0.717, 1.165) is 13.0 Å². The summed E-state index contributed by atoms with van der Waals surface area (Å²) in [5, 5.41) is 6.04. The van der Waals surface area contributed by atoms with Gasteiger partial charge >= 0.3 is 0 Å². The molecule has 1 aromatic heterocycles. The van der Waals surface area contributed by atoms with Gasteiger partial charge in [0.15, 0.2) is 0 Å². The molecule has 1 heterocycles. The second-order valence-corrected chi connectivity index (χ2v) is 4.31. The zero-order chi connectivity index (χ0) is 12.9. The first-order valence-corrected chi connectivity index (χ1v) is 5.60. The van der Waals surface area contributed by atoms with Crippen molar-refractivity contribution in [3.05, 3.63) is 12.3 Å². The van der Waals surface area contributed by atoms with E-state index in [1.54, 1.807) is 26.1 Å². The predicted molar refractivity (Wildman–Crippen MR) is 67.7 cm³/mol. The van der Waals surface area contributed by atoms with E-state index in [1.165, 1.54) is 0 Å². The van der Waals surface area contributed by atoms with Crippen LogP contribution in [0.4, 0.5) is 11.8 Å². The lowest BCUT2D eigenvalue weighted by molar-refractivity contribution is -0.121. The first-order chi connectivity index (χ1) is 7.95. The molecule has 6 heteroatoms. The van der Waals surface area contributed by atoms with Crippen LogP contribution in [0.15, 0.2) is 12.3 Å². The molecule has 0 radical (unpaired) electrons. The number of primary amides is 1. The Morgan fingerprint density at radius 3 is 2.82 bits per heavy atom. The monoisotopic (exact) mass is 237 g/mol. The molecule has 1 rings (SSSR count). The third-order valence-corrected chi connectivity index (χ3v) is 2.25. The molecule has 0 saturated carbocycles. The van der Waals surface area contributed by atoms with Gasteiger partial charge in [0.1, 0.15) is 11.4 Å². The van der Waals surface area contributed by atoms with Gasteiger partial charge in [-0.15, -0.1) is 0 Å². The van der Waals surface area contributed by atoms with Crippen LogP contribution in [-0.4, -0.2) is 28.0 Å².